The normalized spacial score (nSPS) is 10.4. The van der Waals surface area contributed by atoms with Crippen LogP contribution in [0.25, 0.3) is 0 Å². The summed E-state index contributed by atoms with van der Waals surface area (Å²) in [5.74, 6) is -0.0412. The Balaban J connectivity index is 2.15. The van der Waals surface area contributed by atoms with E-state index in [1.54, 1.807) is 18.0 Å². The Morgan fingerprint density at radius 2 is 1.95 bits per heavy atom. The van der Waals surface area contributed by atoms with E-state index in [1.165, 1.54) is 0 Å². The summed E-state index contributed by atoms with van der Waals surface area (Å²) in [5, 5.41) is 0.373. The summed E-state index contributed by atoms with van der Waals surface area (Å²) in [5.41, 5.74) is 2.56. The van der Waals surface area contributed by atoms with Crippen molar-refractivity contribution in [1.29, 1.82) is 0 Å². The van der Waals surface area contributed by atoms with E-state index in [0.29, 0.717) is 17.3 Å². The van der Waals surface area contributed by atoms with Crippen molar-refractivity contribution in [3.63, 3.8) is 0 Å². The summed E-state index contributed by atoms with van der Waals surface area (Å²) < 4.78 is 0. The molecule has 1 aromatic heterocycles. The van der Waals surface area contributed by atoms with Crippen LogP contribution in [0.15, 0.2) is 42.5 Å². The molecule has 0 aliphatic rings. The van der Waals surface area contributed by atoms with E-state index in [-0.39, 0.29) is 5.91 Å². The van der Waals surface area contributed by atoms with Gasteiger partial charge < -0.3 is 4.90 Å². The smallest absolute Gasteiger partial charge is 0.254 e. The van der Waals surface area contributed by atoms with Crippen molar-refractivity contribution in [2.75, 3.05) is 7.05 Å². The van der Waals surface area contributed by atoms with Crippen LogP contribution >= 0.6 is 11.6 Å². The zero-order valence-corrected chi connectivity index (χ0v) is 13.1. The third-order valence-corrected chi connectivity index (χ3v) is 3.40. The van der Waals surface area contributed by atoms with Gasteiger partial charge in [-0.15, -0.1) is 0 Å². The van der Waals surface area contributed by atoms with Crippen molar-refractivity contribution in [2.45, 2.75) is 26.3 Å². The molecule has 0 spiro atoms. The van der Waals surface area contributed by atoms with Gasteiger partial charge in [0.2, 0.25) is 0 Å². The molecule has 1 heterocycles. The molecular weight excluding hydrogens is 284 g/mol. The summed E-state index contributed by atoms with van der Waals surface area (Å²) in [7, 11) is 1.79. The number of nitrogens with zero attached hydrogens (tertiary/aromatic N) is 2. The Morgan fingerprint density at radius 3 is 2.62 bits per heavy atom. The van der Waals surface area contributed by atoms with Crippen LogP contribution in [0.4, 0.5) is 0 Å². The number of halogens is 1. The zero-order valence-electron chi connectivity index (χ0n) is 12.3. The lowest BCUT2D eigenvalue weighted by atomic mass is 10.1. The minimum Gasteiger partial charge on any atom is -0.337 e. The van der Waals surface area contributed by atoms with Gasteiger partial charge in [0, 0.05) is 24.8 Å². The number of benzene rings is 1. The third kappa shape index (κ3) is 4.30. The molecule has 0 radical (unpaired) electrons. The molecule has 2 rings (SSSR count). The summed E-state index contributed by atoms with van der Waals surface area (Å²) in [6.45, 7) is 2.65. The van der Waals surface area contributed by atoms with Gasteiger partial charge in [0.15, 0.2) is 0 Å². The molecule has 1 aromatic carbocycles. The molecule has 0 unspecified atom stereocenters. The van der Waals surface area contributed by atoms with Crippen molar-refractivity contribution in [3.05, 3.63) is 64.4 Å². The Labute approximate surface area is 130 Å². The second kappa shape index (κ2) is 7.23. The second-order valence-electron chi connectivity index (χ2n) is 5.07. The second-order valence-corrected chi connectivity index (χ2v) is 5.45. The number of aryl methyl sites for hydroxylation is 1. The van der Waals surface area contributed by atoms with Gasteiger partial charge in [0.1, 0.15) is 5.15 Å². The Bertz CT molecular complexity index is 613. The van der Waals surface area contributed by atoms with E-state index in [2.05, 4.69) is 11.9 Å². The number of aromatic nitrogens is 1. The van der Waals surface area contributed by atoms with E-state index in [0.717, 1.165) is 24.1 Å². The Morgan fingerprint density at radius 1 is 1.24 bits per heavy atom. The predicted octanol–water partition coefficient (Wildman–Crippen LogP) is 3.96. The SMILES string of the molecule is CCCc1cc(C(=O)N(C)Cc2ccccc2)cc(Cl)n1. The highest BCUT2D eigenvalue weighted by atomic mass is 35.5. The fourth-order valence-corrected chi connectivity index (χ4v) is 2.43. The highest BCUT2D eigenvalue weighted by molar-refractivity contribution is 6.29. The van der Waals surface area contributed by atoms with Crippen LogP contribution in [0.3, 0.4) is 0 Å². The quantitative estimate of drug-likeness (QED) is 0.783. The van der Waals surface area contributed by atoms with Crippen LogP contribution in [0.1, 0.15) is 35.0 Å². The molecule has 2 aromatic rings. The van der Waals surface area contributed by atoms with Crippen LogP contribution in [0.2, 0.25) is 5.15 Å². The molecule has 0 bridgehead atoms. The molecule has 110 valence electrons. The first-order chi connectivity index (χ1) is 10.1. The molecule has 4 heteroatoms. The van der Waals surface area contributed by atoms with Crippen molar-refractivity contribution in [3.8, 4) is 0 Å². The van der Waals surface area contributed by atoms with Crippen LogP contribution in [0, 0.1) is 0 Å². The number of hydrogen-bond donors (Lipinski definition) is 0. The largest absolute Gasteiger partial charge is 0.337 e. The van der Waals surface area contributed by atoms with Crippen LogP contribution in [0.5, 0.6) is 0 Å². The van der Waals surface area contributed by atoms with Crippen LogP contribution in [-0.2, 0) is 13.0 Å². The first-order valence-corrected chi connectivity index (χ1v) is 7.43. The van der Waals surface area contributed by atoms with Crippen molar-refractivity contribution in [1.82, 2.24) is 9.88 Å². The molecule has 3 nitrogen and oxygen atoms in total. The lowest BCUT2D eigenvalue weighted by Crippen LogP contribution is -2.26. The molecule has 0 saturated heterocycles. The van der Waals surface area contributed by atoms with Crippen molar-refractivity contribution < 1.29 is 4.79 Å². The lowest BCUT2D eigenvalue weighted by molar-refractivity contribution is 0.0785. The average Bonchev–Trinajstić information content (AvgIpc) is 2.47. The molecule has 1 amide bonds. The van der Waals surface area contributed by atoms with Gasteiger partial charge >= 0.3 is 0 Å². The van der Waals surface area contributed by atoms with Crippen molar-refractivity contribution in [2.24, 2.45) is 0 Å². The maximum absolute atomic E-state index is 12.5. The van der Waals surface area contributed by atoms with Crippen LogP contribution in [-0.4, -0.2) is 22.8 Å². The van der Waals surface area contributed by atoms with E-state index in [9.17, 15) is 4.79 Å². The number of amides is 1. The molecule has 0 fully saturated rings. The maximum atomic E-state index is 12.5. The fourth-order valence-electron chi connectivity index (χ4n) is 2.21. The van der Waals surface area contributed by atoms with Gasteiger partial charge in [-0.25, -0.2) is 4.98 Å². The maximum Gasteiger partial charge on any atom is 0.254 e. The van der Waals surface area contributed by atoms with E-state index < -0.39 is 0 Å². The number of rotatable bonds is 5. The van der Waals surface area contributed by atoms with Gasteiger partial charge in [-0.1, -0.05) is 55.3 Å². The average molecular weight is 303 g/mol. The highest BCUT2D eigenvalue weighted by Gasteiger charge is 2.14. The van der Waals surface area contributed by atoms with E-state index >= 15 is 0 Å². The first-order valence-electron chi connectivity index (χ1n) is 7.06. The van der Waals surface area contributed by atoms with E-state index in [4.69, 9.17) is 11.6 Å². The van der Waals surface area contributed by atoms with Gasteiger partial charge in [0.25, 0.3) is 5.91 Å². The van der Waals surface area contributed by atoms with Gasteiger partial charge in [-0.05, 0) is 24.1 Å². The summed E-state index contributed by atoms with van der Waals surface area (Å²) >= 11 is 6.01. The summed E-state index contributed by atoms with van der Waals surface area (Å²) in [6.07, 6.45) is 1.80. The van der Waals surface area contributed by atoms with Gasteiger partial charge in [0.05, 0.1) is 0 Å². The Kier molecular flexibility index (Phi) is 5.34. The lowest BCUT2D eigenvalue weighted by Gasteiger charge is -2.18. The summed E-state index contributed by atoms with van der Waals surface area (Å²) in [4.78, 5) is 18.4. The molecule has 0 atom stereocenters. The van der Waals surface area contributed by atoms with E-state index in [1.807, 2.05) is 36.4 Å². The molecule has 0 N–H and O–H groups in total. The first kappa shape index (κ1) is 15.5. The van der Waals surface area contributed by atoms with Crippen molar-refractivity contribution >= 4 is 17.5 Å². The fraction of sp³-hybridized carbons (Fsp3) is 0.294. The Hall–Kier alpha value is -1.87. The topological polar surface area (TPSA) is 33.2 Å². The van der Waals surface area contributed by atoms with Gasteiger partial charge in [-0.3, -0.25) is 4.79 Å². The third-order valence-electron chi connectivity index (χ3n) is 3.21. The number of pyridine rings is 1. The number of hydrogen-bond acceptors (Lipinski definition) is 2. The highest BCUT2D eigenvalue weighted by Crippen LogP contribution is 2.15. The molecule has 21 heavy (non-hydrogen) atoms. The monoisotopic (exact) mass is 302 g/mol. The van der Waals surface area contributed by atoms with Crippen LogP contribution < -0.4 is 0 Å². The number of carbonyl (C=O) groups excluding carboxylic acids is 1. The molecule has 0 saturated carbocycles. The predicted molar refractivity (Wildman–Crippen MR) is 85.5 cm³/mol. The molecular formula is C17H19ClN2O. The summed E-state index contributed by atoms with van der Waals surface area (Å²) in [6, 6.07) is 13.4. The number of carbonyl (C=O) groups is 1. The molecule has 0 aliphatic heterocycles. The standard InChI is InChI=1S/C17H19ClN2O/c1-3-7-15-10-14(11-16(18)19-15)17(21)20(2)12-13-8-5-4-6-9-13/h4-6,8-11H,3,7,12H2,1-2H3. The molecule has 0 aliphatic carbocycles. The zero-order chi connectivity index (χ0) is 15.2. The minimum absolute atomic E-state index is 0.0412. The minimum atomic E-state index is -0.0412. The van der Waals surface area contributed by atoms with Gasteiger partial charge in [-0.2, -0.15) is 0 Å².